The minimum atomic E-state index is -0.285. The Kier molecular flexibility index (Phi) is 4.69. The minimum Gasteiger partial charge on any atom is -0.491 e. The smallest absolute Gasteiger partial charge is 0.322 e. The number of hydrogen-bond acceptors (Lipinski definition) is 3. The molecular formula is C17H23ClN2O3. The molecule has 1 aromatic rings. The fourth-order valence-electron chi connectivity index (χ4n) is 3.60. The number of halogens is 1. The Morgan fingerprint density at radius 2 is 2.00 bits per heavy atom. The number of fused-ring (bicyclic) bond motifs is 2. The number of hydrogen-bond donors (Lipinski definition) is 2. The van der Waals surface area contributed by atoms with Crippen LogP contribution in [0.2, 0.25) is 5.02 Å². The summed E-state index contributed by atoms with van der Waals surface area (Å²) in [6.45, 7) is 3.90. The van der Waals surface area contributed by atoms with E-state index in [2.05, 4.69) is 5.32 Å². The molecule has 3 rings (SSSR count). The van der Waals surface area contributed by atoms with Crippen LogP contribution in [0.15, 0.2) is 18.2 Å². The number of benzene rings is 1. The second kappa shape index (κ2) is 6.57. The molecule has 0 aliphatic carbocycles. The van der Waals surface area contributed by atoms with Gasteiger partial charge in [0.15, 0.2) is 0 Å². The van der Waals surface area contributed by atoms with Gasteiger partial charge in [0.25, 0.3) is 0 Å². The zero-order chi connectivity index (χ0) is 16.6. The summed E-state index contributed by atoms with van der Waals surface area (Å²) in [7, 11) is 0. The fourth-order valence-corrected chi connectivity index (χ4v) is 3.82. The van der Waals surface area contributed by atoms with Crippen LogP contribution in [-0.2, 0) is 0 Å². The number of aliphatic hydroxyl groups excluding tert-OH is 1. The molecule has 2 fully saturated rings. The molecule has 23 heavy (non-hydrogen) atoms. The summed E-state index contributed by atoms with van der Waals surface area (Å²) in [5.41, 5.74) is 0.582. The largest absolute Gasteiger partial charge is 0.491 e. The zero-order valence-corrected chi connectivity index (χ0v) is 14.2. The molecule has 0 aromatic heterocycles. The monoisotopic (exact) mass is 338 g/mol. The van der Waals surface area contributed by atoms with E-state index in [-0.39, 0.29) is 30.3 Å². The molecule has 2 aliphatic rings. The van der Waals surface area contributed by atoms with E-state index in [1.54, 1.807) is 18.2 Å². The van der Waals surface area contributed by atoms with Gasteiger partial charge in [-0.2, -0.15) is 0 Å². The van der Waals surface area contributed by atoms with Crippen LogP contribution < -0.4 is 10.1 Å². The van der Waals surface area contributed by atoms with Crippen molar-refractivity contribution in [2.24, 2.45) is 0 Å². The van der Waals surface area contributed by atoms with Crippen molar-refractivity contribution in [3.8, 4) is 5.75 Å². The van der Waals surface area contributed by atoms with Crippen LogP contribution in [0.3, 0.4) is 0 Å². The Bertz CT molecular complexity index is 579. The molecule has 2 N–H and O–H groups in total. The number of rotatable bonds is 3. The number of nitrogens with one attached hydrogen (secondary N) is 1. The first-order valence-corrected chi connectivity index (χ1v) is 8.55. The summed E-state index contributed by atoms with van der Waals surface area (Å²) in [5, 5.41) is 13.2. The molecular weight excluding hydrogens is 316 g/mol. The van der Waals surface area contributed by atoms with E-state index in [0.29, 0.717) is 29.3 Å². The predicted molar refractivity (Wildman–Crippen MR) is 90.1 cm³/mol. The molecule has 2 bridgehead atoms. The molecule has 6 heteroatoms. The molecule has 2 aliphatic heterocycles. The lowest BCUT2D eigenvalue weighted by Crippen LogP contribution is -2.49. The van der Waals surface area contributed by atoms with Gasteiger partial charge in [0, 0.05) is 18.2 Å². The second-order valence-corrected chi connectivity index (χ2v) is 7.06. The molecule has 2 heterocycles. The predicted octanol–water partition coefficient (Wildman–Crippen LogP) is 3.65. The quantitative estimate of drug-likeness (QED) is 0.884. The van der Waals surface area contributed by atoms with E-state index in [0.717, 1.165) is 12.8 Å². The average Bonchev–Trinajstić information content (AvgIpc) is 2.73. The minimum absolute atomic E-state index is 0.0712. The van der Waals surface area contributed by atoms with Crippen LogP contribution in [-0.4, -0.2) is 40.3 Å². The number of anilines is 1. The molecule has 2 amide bonds. The average molecular weight is 339 g/mol. The van der Waals surface area contributed by atoms with Crippen LogP contribution in [0.5, 0.6) is 5.75 Å². The van der Waals surface area contributed by atoms with Crippen molar-refractivity contribution >= 4 is 23.3 Å². The fraction of sp³-hybridized carbons (Fsp3) is 0.588. The lowest BCUT2D eigenvalue weighted by molar-refractivity contribution is 0.0580. The topological polar surface area (TPSA) is 61.8 Å². The molecule has 0 unspecified atom stereocenters. The van der Waals surface area contributed by atoms with Crippen LogP contribution >= 0.6 is 11.6 Å². The second-order valence-electron chi connectivity index (χ2n) is 6.66. The third kappa shape index (κ3) is 3.56. The first-order chi connectivity index (χ1) is 10.9. The van der Waals surface area contributed by atoms with Gasteiger partial charge >= 0.3 is 6.03 Å². The Balaban J connectivity index is 1.69. The van der Waals surface area contributed by atoms with E-state index in [1.807, 2.05) is 18.7 Å². The number of amides is 2. The number of piperidine rings is 1. The van der Waals surface area contributed by atoms with Crippen LogP contribution in [0.4, 0.5) is 10.5 Å². The van der Waals surface area contributed by atoms with Crippen molar-refractivity contribution in [1.82, 2.24) is 4.90 Å². The number of ether oxygens (including phenoxy) is 1. The number of aliphatic hydroxyl groups is 1. The third-order valence-electron chi connectivity index (χ3n) is 4.50. The van der Waals surface area contributed by atoms with Crippen LogP contribution in [0.1, 0.15) is 39.5 Å². The Morgan fingerprint density at radius 3 is 2.57 bits per heavy atom. The summed E-state index contributed by atoms with van der Waals surface area (Å²) >= 11 is 6.25. The molecule has 2 atom stereocenters. The Labute approximate surface area is 141 Å². The maximum absolute atomic E-state index is 12.6. The van der Waals surface area contributed by atoms with Gasteiger partial charge < -0.3 is 20.1 Å². The van der Waals surface area contributed by atoms with Gasteiger partial charge in [-0.25, -0.2) is 4.79 Å². The van der Waals surface area contributed by atoms with E-state index < -0.39 is 0 Å². The van der Waals surface area contributed by atoms with E-state index >= 15 is 0 Å². The van der Waals surface area contributed by atoms with Gasteiger partial charge in [0.05, 0.1) is 22.9 Å². The van der Waals surface area contributed by atoms with E-state index in [4.69, 9.17) is 16.3 Å². The van der Waals surface area contributed by atoms with E-state index in [1.165, 1.54) is 0 Å². The molecule has 0 spiro atoms. The Morgan fingerprint density at radius 1 is 1.35 bits per heavy atom. The van der Waals surface area contributed by atoms with Crippen molar-refractivity contribution in [1.29, 1.82) is 0 Å². The van der Waals surface area contributed by atoms with Gasteiger partial charge in [0.2, 0.25) is 0 Å². The first-order valence-electron chi connectivity index (χ1n) is 8.17. The van der Waals surface area contributed by atoms with Crippen molar-refractivity contribution < 1.29 is 14.6 Å². The van der Waals surface area contributed by atoms with Gasteiger partial charge in [-0.15, -0.1) is 0 Å². The molecule has 0 saturated carbocycles. The Hall–Kier alpha value is -1.46. The van der Waals surface area contributed by atoms with Crippen LogP contribution in [0, 0.1) is 0 Å². The number of carbonyl (C=O) groups excluding carboxylic acids is 1. The molecule has 0 radical (unpaired) electrons. The highest BCUT2D eigenvalue weighted by molar-refractivity contribution is 6.33. The van der Waals surface area contributed by atoms with Gasteiger partial charge in [-0.05, 0) is 51.7 Å². The van der Waals surface area contributed by atoms with Crippen molar-refractivity contribution in [2.75, 3.05) is 5.32 Å². The number of urea groups is 1. The highest BCUT2D eigenvalue weighted by Gasteiger charge is 2.42. The highest BCUT2D eigenvalue weighted by Crippen LogP contribution is 2.36. The molecule has 2 saturated heterocycles. The summed E-state index contributed by atoms with van der Waals surface area (Å²) in [6.07, 6.45) is 3.04. The molecule has 5 nitrogen and oxygen atoms in total. The summed E-state index contributed by atoms with van der Waals surface area (Å²) in [4.78, 5) is 14.5. The first kappa shape index (κ1) is 16.4. The maximum atomic E-state index is 12.6. The summed E-state index contributed by atoms with van der Waals surface area (Å²) in [6, 6.07) is 5.40. The molecule has 126 valence electrons. The SMILES string of the molecule is CC(C)Oc1ccc(NC(=O)N2[C@H]3CC[C@H]2CC(O)C3)c(Cl)c1. The zero-order valence-electron chi connectivity index (χ0n) is 13.5. The van der Waals surface area contributed by atoms with Crippen molar-refractivity contribution in [3.05, 3.63) is 23.2 Å². The summed E-state index contributed by atoms with van der Waals surface area (Å²) < 4.78 is 5.59. The standard InChI is InChI=1S/C17H23ClN2O3/c1-10(2)23-14-5-6-16(15(18)9-14)19-17(22)20-11-3-4-12(20)8-13(21)7-11/h5-6,9-13,21H,3-4,7-8H2,1-2H3,(H,19,22)/t11-,12-/m0/s1. The van der Waals surface area contributed by atoms with E-state index in [9.17, 15) is 9.90 Å². The molecule has 1 aromatic carbocycles. The maximum Gasteiger partial charge on any atom is 0.322 e. The van der Waals surface area contributed by atoms with Gasteiger partial charge in [0.1, 0.15) is 5.75 Å². The summed E-state index contributed by atoms with van der Waals surface area (Å²) in [5.74, 6) is 0.684. The normalized spacial score (nSPS) is 26.5. The number of carbonyl (C=O) groups is 1. The lowest BCUT2D eigenvalue weighted by atomic mass is 10.0. The third-order valence-corrected chi connectivity index (χ3v) is 4.81. The number of nitrogens with zero attached hydrogens (tertiary/aromatic N) is 1. The van der Waals surface area contributed by atoms with Crippen LogP contribution in [0.25, 0.3) is 0 Å². The van der Waals surface area contributed by atoms with Crippen molar-refractivity contribution in [2.45, 2.75) is 63.8 Å². The highest BCUT2D eigenvalue weighted by atomic mass is 35.5. The van der Waals surface area contributed by atoms with Gasteiger partial charge in [-0.3, -0.25) is 0 Å². The lowest BCUT2D eigenvalue weighted by Gasteiger charge is -2.37. The van der Waals surface area contributed by atoms with Crippen molar-refractivity contribution in [3.63, 3.8) is 0 Å². The van der Waals surface area contributed by atoms with Gasteiger partial charge in [-0.1, -0.05) is 11.6 Å².